The monoisotopic (exact) mass is 212 g/mol. The molecule has 1 heterocycles. The molecule has 2 atom stereocenters. The molecule has 1 rings (SSSR count). The van der Waals surface area contributed by atoms with Gasteiger partial charge in [-0.25, -0.2) is 0 Å². The van der Waals surface area contributed by atoms with Gasteiger partial charge in [0, 0.05) is 12.6 Å². The van der Waals surface area contributed by atoms with Gasteiger partial charge >= 0.3 is 0 Å². The quantitative estimate of drug-likeness (QED) is 0.652. The number of rotatable bonds is 7. The highest BCUT2D eigenvalue weighted by molar-refractivity contribution is 4.80. The Labute approximate surface area is 95.4 Å². The van der Waals surface area contributed by atoms with Crippen LogP contribution in [0.3, 0.4) is 0 Å². The van der Waals surface area contributed by atoms with Gasteiger partial charge in [-0.2, -0.15) is 0 Å². The lowest BCUT2D eigenvalue weighted by Gasteiger charge is -2.23. The summed E-state index contributed by atoms with van der Waals surface area (Å²) in [5.41, 5.74) is 0. The molecule has 1 aliphatic heterocycles. The Morgan fingerprint density at radius 2 is 2.13 bits per heavy atom. The minimum atomic E-state index is 0.797. The summed E-state index contributed by atoms with van der Waals surface area (Å²) in [5, 5.41) is 3.54. The fourth-order valence-electron chi connectivity index (χ4n) is 2.51. The third-order valence-corrected chi connectivity index (χ3v) is 3.51. The normalized spacial score (nSPS) is 24.6. The summed E-state index contributed by atoms with van der Waals surface area (Å²) in [5.74, 6) is 0.899. The lowest BCUT2D eigenvalue weighted by Crippen LogP contribution is -2.32. The summed E-state index contributed by atoms with van der Waals surface area (Å²) < 4.78 is 0. The van der Waals surface area contributed by atoms with Crippen molar-refractivity contribution in [2.45, 2.75) is 52.5 Å². The molecule has 0 saturated carbocycles. The van der Waals surface area contributed by atoms with E-state index < -0.39 is 0 Å². The van der Waals surface area contributed by atoms with E-state index in [0.717, 1.165) is 12.0 Å². The van der Waals surface area contributed by atoms with Gasteiger partial charge in [-0.3, -0.25) is 0 Å². The molecule has 0 aliphatic carbocycles. The summed E-state index contributed by atoms with van der Waals surface area (Å²) in [4.78, 5) is 2.67. The van der Waals surface area contributed by atoms with E-state index in [4.69, 9.17) is 0 Å². The van der Waals surface area contributed by atoms with Crippen LogP contribution in [0.2, 0.25) is 0 Å². The number of nitrogens with zero attached hydrogens (tertiary/aromatic N) is 1. The molecule has 0 aromatic carbocycles. The van der Waals surface area contributed by atoms with Crippen molar-refractivity contribution in [1.29, 1.82) is 0 Å². The number of nitrogens with one attached hydrogen (secondary N) is 1. The molecule has 0 bridgehead atoms. The minimum absolute atomic E-state index is 0.797. The smallest absolute Gasteiger partial charge is 0.00669 e. The number of hydrogen-bond donors (Lipinski definition) is 1. The van der Waals surface area contributed by atoms with Crippen LogP contribution in [0, 0.1) is 5.92 Å². The molecule has 2 heteroatoms. The average Bonchev–Trinajstić information content (AvgIpc) is 2.67. The fraction of sp³-hybridized carbons (Fsp3) is 1.00. The molecule has 1 N–H and O–H groups in total. The van der Waals surface area contributed by atoms with Crippen molar-refractivity contribution in [3.05, 3.63) is 0 Å². The third kappa shape index (κ3) is 4.52. The average molecular weight is 212 g/mol. The maximum Gasteiger partial charge on any atom is 0.00669 e. The van der Waals surface area contributed by atoms with Crippen LogP contribution in [0.4, 0.5) is 0 Å². The SMILES string of the molecule is CCCNCC1CCN(C(C)CCC)C1. The second kappa shape index (κ2) is 7.24. The highest BCUT2D eigenvalue weighted by Gasteiger charge is 2.24. The van der Waals surface area contributed by atoms with Crippen molar-refractivity contribution >= 4 is 0 Å². The van der Waals surface area contributed by atoms with Crippen molar-refractivity contribution in [3.8, 4) is 0 Å². The van der Waals surface area contributed by atoms with Gasteiger partial charge < -0.3 is 10.2 Å². The zero-order valence-electron chi connectivity index (χ0n) is 10.8. The van der Waals surface area contributed by atoms with E-state index in [-0.39, 0.29) is 0 Å². The number of hydrogen-bond acceptors (Lipinski definition) is 2. The molecule has 0 radical (unpaired) electrons. The highest BCUT2D eigenvalue weighted by atomic mass is 15.2. The zero-order chi connectivity index (χ0) is 11.1. The van der Waals surface area contributed by atoms with E-state index in [1.54, 1.807) is 0 Å². The van der Waals surface area contributed by atoms with Gasteiger partial charge in [0.05, 0.1) is 0 Å². The zero-order valence-corrected chi connectivity index (χ0v) is 10.8. The Balaban J connectivity index is 2.14. The molecule has 15 heavy (non-hydrogen) atoms. The van der Waals surface area contributed by atoms with E-state index in [0.29, 0.717) is 0 Å². The van der Waals surface area contributed by atoms with E-state index in [1.807, 2.05) is 0 Å². The second-order valence-corrected chi connectivity index (χ2v) is 4.99. The van der Waals surface area contributed by atoms with Gasteiger partial charge in [0.2, 0.25) is 0 Å². The van der Waals surface area contributed by atoms with Crippen molar-refractivity contribution < 1.29 is 0 Å². The first kappa shape index (κ1) is 13.0. The van der Waals surface area contributed by atoms with Crippen LogP contribution in [0.5, 0.6) is 0 Å². The van der Waals surface area contributed by atoms with Crippen molar-refractivity contribution in [2.24, 2.45) is 5.92 Å². The van der Waals surface area contributed by atoms with Crippen LogP contribution < -0.4 is 5.32 Å². The molecular weight excluding hydrogens is 184 g/mol. The number of likely N-dealkylation sites (tertiary alicyclic amines) is 1. The molecule has 2 unspecified atom stereocenters. The van der Waals surface area contributed by atoms with Crippen LogP contribution in [0.1, 0.15) is 46.5 Å². The molecule has 0 spiro atoms. The van der Waals surface area contributed by atoms with Crippen molar-refractivity contribution in [1.82, 2.24) is 10.2 Å². The van der Waals surface area contributed by atoms with E-state index in [2.05, 4.69) is 31.0 Å². The molecule has 0 aromatic rings. The minimum Gasteiger partial charge on any atom is -0.316 e. The van der Waals surface area contributed by atoms with Gasteiger partial charge in [-0.05, 0) is 51.7 Å². The van der Waals surface area contributed by atoms with Crippen LogP contribution in [-0.4, -0.2) is 37.1 Å². The topological polar surface area (TPSA) is 15.3 Å². The first-order chi connectivity index (χ1) is 7.27. The summed E-state index contributed by atoms with van der Waals surface area (Å²) in [6.07, 6.45) is 5.32. The van der Waals surface area contributed by atoms with Crippen LogP contribution in [-0.2, 0) is 0 Å². The van der Waals surface area contributed by atoms with E-state index in [1.165, 1.54) is 51.9 Å². The molecule has 1 aliphatic rings. The fourth-order valence-corrected chi connectivity index (χ4v) is 2.51. The Hall–Kier alpha value is -0.0800. The first-order valence-electron chi connectivity index (χ1n) is 6.72. The summed E-state index contributed by atoms with van der Waals surface area (Å²) >= 11 is 0. The first-order valence-corrected chi connectivity index (χ1v) is 6.72. The third-order valence-electron chi connectivity index (χ3n) is 3.51. The molecule has 0 amide bonds. The highest BCUT2D eigenvalue weighted by Crippen LogP contribution is 2.19. The Morgan fingerprint density at radius 1 is 1.33 bits per heavy atom. The van der Waals surface area contributed by atoms with Crippen LogP contribution in [0.25, 0.3) is 0 Å². The summed E-state index contributed by atoms with van der Waals surface area (Å²) in [6.45, 7) is 11.9. The van der Waals surface area contributed by atoms with Crippen molar-refractivity contribution in [3.63, 3.8) is 0 Å². The Bertz CT molecular complexity index is 159. The maximum absolute atomic E-state index is 3.54. The van der Waals surface area contributed by atoms with Crippen LogP contribution in [0.15, 0.2) is 0 Å². The molecule has 1 saturated heterocycles. The molecule has 1 fully saturated rings. The van der Waals surface area contributed by atoms with E-state index in [9.17, 15) is 0 Å². The van der Waals surface area contributed by atoms with Gasteiger partial charge in [0.15, 0.2) is 0 Å². The molecule has 0 aromatic heterocycles. The van der Waals surface area contributed by atoms with Gasteiger partial charge in [-0.15, -0.1) is 0 Å². The van der Waals surface area contributed by atoms with Crippen LogP contribution >= 0.6 is 0 Å². The van der Waals surface area contributed by atoms with Gasteiger partial charge in [-0.1, -0.05) is 20.3 Å². The lowest BCUT2D eigenvalue weighted by atomic mass is 10.1. The van der Waals surface area contributed by atoms with Gasteiger partial charge in [0.1, 0.15) is 0 Å². The van der Waals surface area contributed by atoms with E-state index >= 15 is 0 Å². The lowest BCUT2D eigenvalue weighted by molar-refractivity contribution is 0.236. The predicted octanol–water partition coefficient (Wildman–Crippen LogP) is 2.50. The largest absolute Gasteiger partial charge is 0.316 e. The predicted molar refractivity (Wildman–Crippen MR) is 67.2 cm³/mol. The maximum atomic E-state index is 3.54. The standard InChI is InChI=1S/C13H28N2/c1-4-6-12(3)15-9-7-13(11-15)10-14-8-5-2/h12-14H,4-11H2,1-3H3. The second-order valence-electron chi connectivity index (χ2n) is 4.99. The molecule has 90 valence electrons. The van der Waals surface area contributed by atoms with Crippen molar-refractivity contribution in [2.75, 3.05) is 26.2 Å². The van der Waals surface area contributed by atoms with Gasteiger partial charge in [0.25, 0.3) is 0 Å². The summed E-state index contributed by atoms with van der Waals surface area (Å²) in [6, 6.07) is 0.797. The Morgan fingerprint density at radius 3 is 2.80 bits per heavy atom. The summed E-state index contributed by atoms with van der Waals surface area (Å²) in [7, 11) is 0. The molecule has 2 nitrogen and oxygen atoms in total. The Kier molecular flexibility index (Phi) is 6.26. The molecular formula is C13H28N2.